The molecule has 0 N–H and O–H groups in total. The Balaban J connectivity index is 1.83. The van der Waals surface area contributed by atoms with Gasteiger partial charge in [-0.25, -0.2) is 0 Å². The van der Waals surface area contributed by atoms with Crippen molar-refractivity contribution < 1.29 is 0 Å². The van der Waals surface area contributed by atoms with Crippen LogP contribution in [0.4, 0.5) is 0 Å². The summed E-state index contributed by atoms with van der Waals surface area (Å²) < 4.78 is 0. The number of fused-ring (bicyclic) bond motifs is 1. The monoisotopic (exact) mass is 252 g/mol. The zero-order valence-electron chi connectivity index (χ0n) is 10.3. The predicted octanol–water partition coefficient (Wildman–Crippen LogP) is 4.21. The van der Waals surface area contributed by atoms with Crippen LogP contribution in [0.3, 0.4) is 0 Å². The average molecular weight is 252 g/mol. The fraction of sp³-hybridized carbons (Fsp3) is 0.235. The van der Waals surface area contributed by atoms with E-state index in [0.717, 1.165) is 17.7 Å². The van der Waals surface area contributed by atoms with E-state index >= 15 is 0 Å². The maximum Gasteiger partial charge on any atom is 0.0261 e. The second-order valence-electron chi connectivity index (χ2n) is 4.95. The Morgan fingerprint density at radius 3 is 2.50 bits per heavy atom. The molecule has 0 fully saturated rings. The molecule has 1 heteroatoms. The highest BCUT2D eigenvalue weighted by molar-refractivity contribution is 7.80. The van der Waals surface area contributed by atoms with E-state index in [1.54, 1.807) is 0 Å². The summed E-state index contributed by atoms with van der Waals surface area (Å²) in [6, 6.07) is 19.3. The Labute approximate surface area is 114 Å². The summed E-state index contributed by atoms with van der Waals surface area (Å²) in [5, 5.41) is 0. The molecule has 0 aliphatic heterocycles. The van der Waals surface area contributed by atoms with Gasteiger partial charge in [-0.15, -0.1) is 0 Å². The Hall–Kier alpha value is -1.47. The summed E-state index contributed by atoms with van der Waals surface area (Å²) in [6.07, 6.45) is 3.42. The predicted molar refractivity (Wildman–Crippen MR) is 80.1 cm³/mol. The van der Waals surface area contributed by atoms with Gasteiger partial charge in [0.05, 0.1) is 0 Å². The number of thiocarbonyl (C=S) groups is 1. The highest BCUT2D eigenvalue weighted by Gasteiger charge is 2.23. The molecule has 0 bridgehead atoms. The molecule has 3 rings (SSSR count). The quantitative estimate of drug-likeness (QED) is 0.721. The lowest BCUT2D eigenvalue weighted by Gasteiger charge is -2.25. The fourth-order valence-corrected chi connectivity index (χ4v) is 3.15. The lowest BCUT2D eigenvalue weighted by molar-refractivity contribution is 0.614. The molecule has 0 saturated heterocycles. The Kier molecular flexibility index (Phi) is 3.24. The Morgan fingerprint density at radius 2 is 1.67 bits per heavy atom. The van der Waals surface area contributed by atoms with Crippen LogP contribution in [-0.4, -0.2) is 4.86 Å². The zero-order valence-corrected chi connectivity index (χ0v) is 11.1. The van der Waals surface area contributed by atoms with Crippen LogP contribution < -0.4 is 0 Å². The van der Waals surface area contributed by atoms with Gasteiger partial charge in [0.15, 0.2) is 0 Å². The van der Waals surface area contributed by atoms with Crippen molar-refractivity contribution in [3.8, 4) is 0 Å². The van der Waals surface area contributed by atoms with Gasteiger partial charge >= 0.3 is 0 Å². The first kappa shape index (κ1) is 11.6. The molecule has 18 heavy (non-hydrogen) atoms. The van der Waals surface area contributed by atoms with Gasteiger partial charge < -0.3 is 0 Å². The molecule has 0 aromatic heterocycles. The lowest BCUT2D eigenvalue weighted by atomic mass is 9.80. The van der Waals surface area contributed by atoms with E-state index in [9.17, 15) is 0 Å². The van der Waals surface area contributed by atoms with E-state index in [1.807, 2.05) is 0 Å². The van der Waals surface area contributed by atoms with Crippen molar-refractivity contribution >= 4 is 17.1 Å². The number of hydrogen-bond donors (Lipinski definition) is 0. The molecular formula is C17H16S. The van der Waals surface area contributed by atoms with Gasteiger partial charge in [0.2, 0.25) is 0 Å². The topological polar surface area (TPSA) is 0 Å². The summed E-state index contributed by atoms with van der Waals surface area (Å²) in [4.78, 5) is 1.15. The van der Waals surface area contributed by atoms with Crippen molar-refractivity contribution in [2.24, 2.45) is 5.92 Å². The Bertz CT molecular complexity index is 557. The maximum absolute atomic E-state index is 5.68. The molecule has 2 aromatic carbocycles. The molecule has 2 aromatic rings. The largest absolute Gasteiger partial charge is 0.0839 e. The highest BCUT2D eigenvalue weighted by Crippen LogP contribution is 2.28. The SMILES string of the molecule is S=C1c2ccccc2CCC1Cc1ccccc1. The molecule has 0 heterocycles. The molecule has 0 radical (unpaired) electrons. The van der Waals surface area contributed by atoms with Gasteiger partial charge in [-0.05, 0) is 41.9 Å². The van der Waals surface area contributed by atoms with E-state index in [2.05, 4.69) is 54.6 Å². The molecule has 0 nitrogen and oxygen atoms in total. The minimum Gasteiger partial charge on any atom is -0.0839 e. The summed E-state index contributed by atoms with van der Waals surface area (Å²) >= 11 is 5.68. The van der Waals surface area contributed by atoms with Crippen molar-refractivity contribution in [2.75, 3.05) is 0 Å². The van der Waals surface area contributed by atoms with Crippen LogP contribution in [0.25, 0.3) is 0 Å². The van der Waals surface area contributed by atoms with Crippen molar-refractivity contribution in [3.05, 3.63) is 71.3 Å². The zero-order chi connectivity index (χ0) is 12.4. The first-order valence-corrected chi connectivity index (χ1v) is 6.91. The molecule has 1 aliphatic rings. The number of benzene rings is 2. The van der Waals surface area contributed by atoms with Crippen LogP contribution in [0.1, 0.15) is 23.1 Å². The summed E-state index contributed by atoms with van der Waals surface area (Å²) in [5.41, 5.74) is 4.12. The first-order valence-electron chi connectivity index (χ1n) is 6.50. The Morgan fingerprint density at radius 1 is 0.944 bits per heavy atom. The van der Waals surface area contributed by atoms with Crippen molar-refractivity contribution in [2.45, 2.75) is 19.3 Å². The second kappa shape index (κ2) is 5.03. The van der Waals surface area contributed by atoms with Crippen molar-refractivity contribution in [1.29, 1.82) is 0 Å². The highest BCUT2D eigenvalue weighted by atomic mass is 32.1. The molecule has 0 saturated carbocycles. The van der Waals surface area contributed by atoms with Gasteiger partial charge in [0.25, 0.3) is 0 Å². The van der Waals surface area contributed by atoms with Gasteiger partial charge in [0, 0.05) is 4.86 Å². The molecular weight excluding hydrogens is 236 g/mol. The third-order valence-corrected chi connectivity index (χ3v) is 4.29. The van der Waals surface area contributed by atoms with Crippen LogP contribution in [0.2, 0.25) is 0 Å². The smallest absolute Gasteiger partial charge is 0.0261 e. The van der Waals surface area contributed by atoms with Gasteiger partial charge in [-0.2, -0.15) is 0 Å². The number of hydrogen-bond acceptors (Lipinski definition) is 1. The van der Waals surface area contributed by atoms with Crippen molar-refractivity contribution in [1.82, 2.24) is 0 Å². The molecule has 1 unspecified atom stereocenters. The summed E-state index contributed by atoms with van der Waals surface area (Å²) in [7, 11) is 0. The van der Waals surface area contributed by atoms with E-state index in [-0.39, 0.29) is 0 Å². The van der Waals surface area contributed by atoms with Crippen LogP contribution in [0.15, 0.2) is 54.6 Å². The minimum atomic E-state index is 0.525. The third-order valence-electron chi connectivity index (χ3n) is 3.74. The standard InChI is InChI=1S/C17H16S/c18-17-15(12-13-6-2-1-3-7-13)11-10-14-8-4-5-9-16(14)17/h1-9,15H,10-12H2. The van der Waals surface area contributed by atoms with E-state index in [1.165, 1.54) is 23.1 Å². The van der Waals surface area contributed by atoms with E-state index in [0.29, 0.717) is 5.92 Å². The third kappa shape index (κ3) is 2.23. The van der Waals surface area contributed by atoms with E-state index < -0.39 is 0 Å². The van der Waals surface area contributed by atoms with Crippen LogP contribution in [-0.2, 0) is 12.8 Å². The minimum absolute atomic E-state index is 0.525. The normalized spacial score (nSPS) is 18.4. The van der Waals surface area contributed by atoms with Crippen LogP contribution >= 0.6 is 12.2 Å². The molecule has 1 atom stereocenters. The number of rotatable bonds is 2. The first-order chi connectivity index (χ1) is 8.84. The van der Waals surface area contributed by atoms with Gasteiger partial charge in [-0.1, -0.05) is 66.8 Å². The molecule has 1 aliphatic carbocycles. The molecule has 90 valence electrons. The summed E-state index contributed by atoms with van der Waals surface area (Å²) in [5.74, 6) is 0.525. The maximum atomic E-state index is 5.68. The van der Waals surface area contributed by atoms with E-state index in [4.69, 9.17) is 12.2 Å². The fourth-order valence-electron chi connectivity index (χ4n) is 2.75. The lowest BCUT2D eigenvalue weighted by Crippen LogP contribution is -2.23. The second-order valence-corrected chi connectivity index (χ2v) is 5.39. The summed E-state index contributed by atoms with van der Waals surface area (Å²) in [6.45, 7) is 0. The molecule has 0 spiro atoms. The number of aryl methyl sites for hydroxylation is 1. The van der Waals surface area contributed by atoms with Crippen LogP contribution in [0, 0.1) is 5.92 Å². The van der Waals surface area contributed by atoms with Crippen molar-refractivity contribution in [3.63, 3.8) is 0 Å². The molecule has 0 amide bonds. The van der Waals surface area contributed by atoms with Gasteiger partial charge in [-0.3, -0.25) is 0 Å². The van der Waals surface area contributed by atoms with Crippen LogP contribution in [0.5, 0.6) is 0 Å². The van der Waals surface area contributed by atoms with Gasteiger partial charge in [0.1, 0.15) is 0 Å². The average Bonchev–Trinajstić information content (AvgIpc) is 2.43.